The van der Waals surface area contributed by atoms with Gasteiger partial charge in [-0.05, 0) is 35.6 Å². The fourth-order valence-corrected chi connectivity index (χ4v) is 4.03. The Morgan fingerprint density at radius 3 is 2.24 bits per heavy atom. The van der Waals surface area contributed by atoms with Crippen LogP contribution in [-0.2, 0) is 4.74 Å². The lowest BCUT2D eigenvalue weighted by molar-refractivity contribution is 0.0132. The molecular weight excluding hydrogens is 422 g/mol. The van der Waals surface area contributed by atoms with E-state index in [0.717, 1.165) is 22.3 Å². The number of carbonyl (C=O) groups excluding carboxylic acids is 1. The normalized spacial score (nSPS) is 14.2. The van der Waals surface area contributed by atoms with Gasteiger partial charge in [0.1, 0.15) is 12.7 Å². The van der Waals surface area contributed by atoms with Crippen LogP contribution in [0.4, 0.5) is 4.79 Å². The van der Waals surface area contributed by atoms with Crippen LogP contribution in [0, 0.1) is 0 Å². The molecule has 33 heavy (non-hydrogen) atoms. The van der Waals surface area contributed by atoms with Gasteiger partial charge >= 0.3 is 12.1 Å². The number of aromatic nitrogens is 2. The number of ether oxygens (including phenoxy) is 2. The summed E-state index contributed by atoms with van der Waals surface area (Å²) in [6, 6.07) is 16.5. The zero-order chi connectivity index (χ0) is 23.2. The third-order valence-electron chi connectivity index (χ3n) is 5.68. The highest BCUT2D eigenvalue weighted by atomic mass is 16.5. The molecular formula is C25H27N3O5. The van der Waals surface area contributed by atoms with Crippen LogP contribution in [0.1, 0.15) is 42.1 Å². The summed E-state index contributed by atoms with van der Waals surface area (Å²) in [5, 5.41) is 23.2. The SMILES string of the molecule is CCOc1ncc(C(O)C(O)CCNC(=O)OCC2c3ccccc3-c3ccccc32)cn1. The van der Waals surface area contributed by atoms with Crippen LogP contribution < -0.4 is 10.1 Å². The first kappa shape index (κ1) is 22.7. The number of aliphatic hydroxyl groups is 2. The van der Waals surface area contributed by atoms with Gasteiger partial charge in [-0.2, -0.15) is 0 Å². The number of aliphatic hydroxyl groups excluding tert-OH is 2. The number of nitrogens with one attached hydrogen (secondary N) is 1. The molecule has 3 aromatic rings. The lowest BCUT2D eigenvalue weighted by atomic mass is 9.98. The minimum absolute atomic E-state index is 0.0183. The molecule has 0 saturated heterocycles. The van der Waals surface area contributed by atoms with E-state index >= 15 is 0 Å². The fraction of sp³-hybridized carbons (Fsp3) is 0.320. The van der Waals surface area contributed by atoms with Gasteiger partial charge in [0.2, 0.25) is 0 Å². The molecule has 1 amide bonds. The Morgan fingerprint density at radius 2 is 1.64 bits per heavy atom. The maximum atomic E-state index is 12.2. The Balaban J connectivity index is 1.25. The lowest BCUT2D eigenvalue weighted by Gasteiger charge is -2.18. The summed E-state index contributed by atoms with van der Waals surface area (Å²) in [5.41, 5.74) is 4.98. The van der Waals surface area contributed by atoms with Crippen molar-refractivity contribution in [3.8, 4) is 17.1 Å². The molecule has 0 saturated carbocycles. The number of nitrogens with zero attached hydrogens (tertiary/aromatic N) is 2. The van der Waals surface area contributed by atoms with Gasteiger partial charge in [0.15, 0.2) is 0 Å². The average Bonchev–Trinajstić information content (AvgIpc) is 3.16. The van der Waals surface area contributed by atoms with Crippen LogP contribution >= 0.6 is 0 Å². The van der Waals surface area contributed by atoms with Crippen LogP contribution in [0.5, 0.6) is 6.01 Å². The van der Waals surface area contributed by atoms with E-state index in [9.17, 15) is 15.0 Å². The number of fused-ring (bicyclic) bond motifs is 3. The monoisotopic (exact) mass is 449 g/mol. The fourth-order valence-electron chi connectivity index (χ4n) is 4.03. The Morgan fingerprint density at radius 1 is 1.03 bits per heavy atom. The third-order valence-corrected chi connectivity index (χ3v) is 5.68. The number of hydrogen-bond acceptors (Lipinski definition) is 7. The predicted octanol–water partition coefficient (Wildman–Crippen LogP) is 3.20. The minimum Gasteiger partial charge on any atom is -0.464 e. The van der Waals surface area contributed by atoms with E-state index in [-0.39, 0.29) is 31.5 Å². The zero-order valence-corrected chi connectivity index (χ0v) is 18.3. The van der Waals surface area contributed by atoms with Crippen molar-refractivity contribution in [2.24, 2.45) is 0 Å². The average molecular weight is 450 g/mol. The molecule has 0 bridgehead atoms. The maximum absolute atomic E-state index is 12.2. The maximum Gasteiger partial charge on any atom is 0.407 e. The molecule has 1 aromatic heterocycles. The second kappa shape index (κ2) is 10.4. The molecule has 1 heterocycles. The first-order valence-electron chi connectivity index (χ1n) is 11.0. The third kappa shape index (κ3) is 5.13. The van der Waals surface area contributed by atoms with E-state index < -0.39 is 18.3 Å². The van der Waals surface area contributed by atoms with Crippen LogP contribution in [0.2, 0.25) is 0 Å². The van der Waals surface area contributed by atoms with Gasteiger partial charge in [-0.15, -0.1) is 0 Å². The van der Waals surface area contributed by atoms with E-state index in [1.54, 1.807) is 0 Å². The molecule has 0 radical (unpaired) electrons. The molecule has 4 rings (SSSR count). The number of benzene rings is 2. The highest BCUT2D eigenvalue weighted by molar-refractivity contribution is 5.79. The van der Waals surface area contributed by atoms with Crippen molar-refractivity contribution in [3.63, 3.8) is 0 Å². The largest absolute Gasteiger partial charge is 0.464 e. The Labute approximate surface area is 192 Å². The molecule has 0 aliphatic heterocycles. The predicted molar refractivity (Wildman–Crippen MR) is 122 cm³/mol. The van der Waals surface area contributed by atoms with Crippen molar-refractivity contribution in [1.82, 2.24) is 15.3 Å². The van der Waals surface area contributed by atoms with Gasteiger partial charge in [-0.1, -0.05) is 48.5 Å². The number of rotatable bonds is 9. The number of hydrogen-bond donors (Lipinski definition) is 3. The second-order valence-corrected chi connectivity index (χ2v) is 7.79. The summed E-state index contributed by atoms with van der Waals surface area (Å²) in [4.78, 5) is 20.2. The van der Waals surface area contributed by atoms with Gasteiger partial charge in [0, 0.05) is 30.4 Å². The van der Waals surface area contributed by atoms with E-state index in [1.807, 2.05) is 31.2 Å². The van der Waals surface area contributed by atoms with Gasteiger partial charge in [-0.3, -0.25) is 0 Å². The van der Waals surface area contributed by atoms with Crippen LogP contribution in [0.15, 0.2) is 60.9 Å². The Kier molecular flexibility index (Phi) is 7.16. The minimum atomic E-state index is -1.18. The molecule has 8 nitrogen and oxygen atoms in total. The zero-order valence-electron chi connectivity index (χ0n) is 18.3. The van der Waals surface area contributed by atoms with Crippen molar-refractivity contribution in [1.29, 1.82) is 0 Å². The Bertz CT molecular complexity index is 1040. The highest BCUT2D eigenvalue weighted by Crippen LogP contribution is 2.44. The van der Waals surface area contributed by atoms with Crippen molar-refractivity contribution >= 4 is 6.09 Å². The lowest BCUT2D eigenvalue weighted by Crippen LogP contribution is -2.30. The quantitative estimate of drug-likeness (QED) is 0.460. The van der Waals surface area contributed by atoms with E-state index in [2.05, 4.69) is 39.6 Å². The first-order valence-corrected chi connectivity index (χ1v) is 11.0. The highest BCUT2D eigenvalue weighted by Gasteiger charge is 2.29. The van der Waals surface area contributed by atoms with Crippen molar-refractivity contribution in [2.45, 2.75) is 31.5 Å². The van der Waals surface area contributed by atoms with Gasteiger partial charge in [0.05, 0.1) is 12.7 Å². The molecule has 2 aromatic carbocycles. The van der Waals surface area contributed by atoms with E-state index in [4.69, 9.17) is 9.47 Å². The number of amides is 1. The first-order chi connectivity index (χ1) is 16.1. The van der Waals surface area contributed by atoms with Crippen molar-refractivity contribution in [2.75, 3.05) is 19.8 Å². The molecule has 8 heteroatoms. The van der Waals surface area contributed by atoms with Gasteiger partial charge in [0.25, 0.3) is 0 Å². The summed E-state index contributed by atoms with van der Waals surface area (Å²) < 4.78 is 10.6. The molecule has 0 fully saturated rings. The molecule has 1 aliphatic rings. The van der Waals surface area contributed by atoms with Crippen molar-refractivity contribution < 1.29 is 24.5 Å². The topological polar surface area (TPSA) is 114 Å². The van der Waals surface area contributed by atoms with Crippen LogP contribution in [0.25, 0.3) is 11.1 Å². The summed E-state index contributed by atoms with van der Waals surface area (Å²) in [7, 11) is 0. The molecule has 172 valence electrons. The van der Waals surface area contributed by atoms with E-state index in [1.165, 1.54) is 12.4 Å². The summed E-state index contributed by atoms with van der Waals surface area (Å²) in [5.74, 6) is -0.0183. The molecule has 0 spiro atoms. The second-order valence-electron chi connectivity index (χ2n) is 7.79. The summed E-state index contributed by atoms with van der Waals surface area (Å²) in [6.45, 7) is 2.62. The van der Waals surface area contributed by atoms with Gasteiger partial charge < -0.3 is 25.0 Å². The Hall–Kier alpha value is -3.49. The molecule has 3 N–H and O–H groups in total. The van der Waals surface area contributed by atoms with Crippen LogP contribution in [-0.4, -0.2) is 52.1 Å². The molecule has 2 unspecified atom stereocenters. The van der Waals surface area contributed by atoms with Crippen molar-refractivity contribution in [3.05, 3.63) is 77.6 Å². The number of alkyl carbamates (subject to hydrolysis) is 1. The van der Waals surface area contributed by atoms with Crippen LogP contribution in [0.3, 0.4) is 0 Å². The summed E-state index contributed by atoms with van der Waals surface area (Å²) in [6.07, 6.45) is 0.113. The van der Waals surface area contributed by atoms with E-state index in [0.29, 0.717) is 12.2 Å². The van der Waals surface area contributed by atoms with Gasteiger partial charge in [-0.25, -0.2) is 14.8 Å². The summed E-state index contributed by atoms with van der Waals surface area (Å²) >= 11 is 0. The standard InChI is InChI=1S/C25H27N3O5/c1-2-32-24-27-13-16(14-28-24)23(30)22(29)11-12-26-25(31)33-15-21-19-9-5-3-7-17(19)18-8-4-6-10-20(18)21/h3-10,13-14,21-23,29-30H,2,11-12,15H2,1H3,(H,26,31). The molecule has 2 atom stereocenters. The number of carbonyl (C=O) groups is 1. The smallest absolute Gasteiger partial charge is 0.407 e. The molecule has 1 aliphatic carbocycles.